The molecule has 1 aliphatic heterocycles. The summed E-state index contributed by atoms with van der Waals surface area (Å²) in [5, 5.41) is 12.0. The average molecular weight is 303 g/mol. The van der Waals surface area contributed by atoms with E-state index in [1.807, 2.05) is 24.3 Å². The Bertz CT molecular complexity index is 745. The van der Waals surface area contributed by atoms with Crippen molar-refractivity contribution in [2.45, 2.75) is 23.9 Å². The van der Waals surface area contributed by atoms with E-state index in [9.17, 15) is 8.42 Å². The lowest BCUT2D eigenvalue weighted by molar-refractivity contribution is 0.595. The van der Waals surface area contributed by atoms with Gasteiger partial charge in [-0.2, -0.15) is 0 Å². The number of nitrogens with one attached hydrogen (secondary N) is 2. The predicted molar refractivity (Wildman–Crippen MR) is 83.6 cm³/mol. The summed E-state index contributed by atoms with van der Waals surface area (Å²) in [7, 11) is -3.64. The van der Waals surface area contributed by atoms with Gasteiger partial charge in [0.15, 0.2) is 0 Å². The highest BCUT2D eigenvalue weighted by Gasteiger charge is 2.31. The topological polar surface area (TPSA) is 84.2 Å². The molecule has 0 saturated heterocycles. The van der Waals surface area contributed by atoms with Gasteiger partial charge in [-0.25, -0.2) is 13.6 Å². The second kappa shape index (κ2) is 4.75. The van der Waals surface area contributed by atoms with Crippen molar-refractivity contribution in [1.29, 1.82) is 0 Å². The Morgan fingerprint density at radius 1 is 1.00 bits per heavy atom. The Hall–Kier alpha value is -2.05. The first-order valence-electron chi connectivity index (χ1n) is 6.63. The fourth-order valence-corrected chi connectivity index (χ4v) is 3.14. The van der Waals surface area contributed by atoms with Crippen LogP contribution in [-0.2, 0) is 16.4 Å². The van der Waals surface area contributed by atoms with E-state index in [2.05, 4.69) is 17.6 Å². The van der Waals surface area contributed by atoms with E-state index in [0.29, 0.717) is 6.42 Å². The maximum atomic E-state index is 11.3. The fraction of sp³-hybridized carbons (Fsp3) is 0.200. The van der Waals surface area contributed by atoms with Gasteiger partial charge in [-0.15, -0.1) is 0 Å². The summed E-state index contributed by atoms with van der Waals surface area (Å²) >= 11 is 0. The zero-order chi connectivity index (χ0) is 15.1. The van der Waals surface area contributed by atoms with Gasteiger partial charge in [0.05, 0.1) is 16.3 Å². The number of primary sulfonamides is 1. The normalized spacial score (nSPS) is 15.9. The lowest BCUT2D eigenvalue weighted by Crippen LogP contribution is -2.40. The lowest BCUT2D eigenvalue weighted by Gasteiger charge is -2.26. The van der Waals surface area contributed by atoms with Crippen molar-refractivity contribution in [1.82, 2.24) is 0 Å². The molecule has 2 aromatic carbocycles. The maximum absolute atomic E-state index is 11.3. The molecule has 0 spiro atoms. The standard InChI is InChI=1S/C15H17N3O2S/c1-15(17-13-4-2-3-5-14(13)18-15)10-11-6-8-12(9-7-11)21(16,19)20/h2-9,17-18H,10H2,1H3,(H2,16,19,20). The monoisotopic (exact) mass is 303 g/mol. The van der Waals surface area contributed by atoms with E-state index in [1.165, 1.54) is 12.1 Å². The highest BCUT2D eigenvalue weighted by atomic mass is 32.2. The van der Waals surface area contributed by atoms with Crippen molar-refractivity contribution in [3.8, 4) is 0 Å². The molecule has 0 atom stereocenters. The van der Waals surface area contributed by atoms with E-state index in [1.54, 1.807) is 12.1 Å². The molecular formula is C15H17N3O2S. The molecule has 0 bridgehead atoms. The van der Waals surface area contributed by atoms with Crippen molar-refractivity contribution in [3.63, 3.8) is 0 Å². The first-order valence-corrected chi connectivity index (χ1v) is 8.18. The van der Waals surface area contributed by atoms with Crippen molar-refractivity contribution >= 4 is 21.4 Å². The summed E-state index contributed by atoms with van der Waals surface area (Å²) in [4.78, 5) is 0.132. The summed E-state index contributed by atoms with van der Waals surface area (Å²) in [6.07, 6.45) is 0.715. The van der Waals surface area contributed by atoms with Gasteiger partial charge in [0.2, 0.25) is 10.0 Å². The van der Waals surface area contributed by atoms with Gasteiger partial charge >= 0.3 is 0 Å². The lowest BCUT2D eigenvalue weighted by atomic mass is 10.0. The molecule has 1 heterocycles. The number of para-hydroxylation sites is 2. The van der Waals surface area contributed by atoms with Gasteiger partial charge in [-0.3, -0.25) is 0 Å². The molecule has 21 heavy (non-hydrogen) atoms. The number of sulfonamides is 1. The molecule has 0 saturated carbocycles. The molecule has 110 valence electrons. The molecule has 2 aromatic rings. The van der Waals surface area contributed by atoms with E-state index in [0.717, 1.165) is 16.9 Å². The zero-order valence-corrected chi connectivity index (χ0v) is 12.4. The van der Waals surface area contributed by atoms with Crippen molar-refractivity contribution < 1.29 is 8.42 Å². The Kier molecular flexibility index (Phi) is 3.15. The third-order valence-electron chi connectivity index (χ3n) is 3.56. The Labute approximate surface area is 124 Å². The van der Waals surface area contributed by atoms with Crippen LogP contribution in [-0.4, -0.2) is 14.1 Å². The van der Waals surface area contributed by atoms with Crippen LogP contribution < -0.4 is 15.8 Å². The number of anilines is 2. The molecular weight excluding hydrogens is 286 g/mol. The van der Waals surface area contributed by atoms with E-state index < -0.39 is 10.0 Å². The van der Waals surface area contributed by atoms with Crippen LogP contribution in [0.1, 0.15) is 12.5 Å². The number of benzene rings is 2. The van der Waals surface area contributed by atoms with Crippen LogP contribution in [0.5, 0.6) is 0 Å². The van der Waals surface area contributed by atoms with Crippen LogP contribution in [0.4, 0.5) is 11.4 Å². The Morgan fingerprint density at radius 3 is 2.00 bits per heavy atom. The van der Waals surface area contributed by atoms with E-state index in [-0.39, 0.29) is 10.6 Å². The van der Waals surface area contributed by atoms with E-state index >= 15 is 0 Å². The van der Waals surface area contributed by atoms with Gasteiger partial charge in [0, 0.05) is 6.42 Å². The number of fused-ring (bicyclic) bond motifs is 1. The summed E-state index contributed by atoms with van der Waals surface area (Å²) in [5.74, 6) is 0. The summed E-state index contributed by atoms with van der Waals surface area (Å²) < 4.78 is 22.5. The molecule has 0 fully saturated rings. The number of hydrogen-bond acceptors (Lipinski definition) is 4. The first-order chi connectivity index (χ1) is 9.86. The summed E-state index contributed by atoms with van der Waals surface area (Å²) in [6, 6.07) is 14.7. The van der Waals surface area contributed by atoms with E-state index in [4.69, 9.17) is 5.14 Å². The summed E-state index contributed by atoms with van der Waals surface area (Å²) in [5.41, 5.74) is 2.87. The van der Waals surface area contributed by atoms with Gasteiger partial charge in [0.25, 0.3) is 0 Å². The van der Waals surface area contributed by atoms with Crippen LogP contribution in [0.2, 0.25) is 0 Å². The minimum atomic E-state index is -3.64. The van der Waals surface area contributed by atoms with Crippen molar-refractivity contribution in [2.24, 2.45) is 5.14 Å². The van der Waals surface area contributed by atoms with Crippen molar-refractivity contribution in [3.05, 3.63) is 54.1 Å². The third-order valence-corrected chi connectivity index (χ3v) is 4.49. The molecule has 5 nitrogen and oxygen atoms in total. The predicted octanol–water partition coefficient (Wildman–Crippen LogP) is 2.13. The largest absolute Gasteiger partial charge is 0.361 e. The SMILES string of the molecule is CC1(Cc2ccc(S(N)(=O)=O)cc2)Nc2ccccc2N1. The second-order valence-electron chi connectivity index (χ2n) is 5.49. The molecule has 0 amide bonds. The van der Waals surface area contributed by atoms with Gasteiger partial charge in [0.1, 0.15) is 5.66 Å². The third kappa shape index (κ3) is 2.86. The quantitative estimate of drug-likeness (QED) is 0.811. The molecule has 0 radical (unpaired) electrons. The van der Waals surface area contributed by atoms with Crippen LogP contribution in [0.25, 0.3) is 0 Å². The van der Waals surface area contributed by atoms with Crippen LogP contribution in [0.3, 0.4) is 0 Å². The maximum Gasteiger partial charge on any atom is 0.238 e. The highest BCUT2D eigenvalue weighted by molar-refractivity contribution is 7.89. The molecule has 6 heteroatoms. The zero-order valence-electron chi connectivity index (χ0n) is 11.6. The highest BCUT2D eigenvalue weighted by Crippen LogP contribution is 2.35. The van der Waals surface area contributed by atoms with Crippen LogP contribution in [0.15, 0.2) is 53.4 Å². The number of hydrogen-bond donors (Lipinski definition) is 3. The molecule has 0 aliphatic carbocycles. The summed E-state index contributed by atoms with van der Waals surface area (Å²) in [6.45, 7) is 2.07. The minimum Gasteiger partial charge on any atom is -0.361 e. The average Bonchev–Trinajstić information content (AvgIpc) is 2.73. The minimum absolute atomic E-state index is 0.132. The van der Waals surface area contributed by atoms with Gasteiger partial charge in [-0.1, -0.05) is 24.3 Å². The Morgan fingerprint density at radius 2 is 1.52 bits per heavy atom. The van der Waals surface area contributed by atoms with Crippen LogP contribution >= 0.6 is 0 Å². The Balaban J connectivity index is 1.79. The molecule has 0 unspecified atom stereocenters. The molecule has 3 rings (SSSR count). The van der Waals surface area contributed by atoms with Crippen molar-refractivity contribution in [2.75, 3.05) is 10.6 Å². The molecule has 0 aromatic heterocycles. The number of nitrogens with two attached hydrogens (primary N) is 1. The van der Waals surface area contributed by atoms with Gasteiger partial charge < -0.3 is 10.6 Å². The van der Waals surface area contributed by atoms with Crippen LogP contribution in [0, 0.1) is 0 Å². The second-order valence-corrected chi connectivity index (χ2v) is 7.05. The number of rotatable bonds is 3. The molecule has 4 N–H and O–H groups in total. The van der Waals surface area contributed by atoms with Gasteiger partial charge in [-0.05, 0) is 36.8 Å². The molecule has 1 aliphatic rings. The first kappa shape index (κ1) is 13.9. The fourth-order valence-electron chi connectivity index (χ4n) is 2.62. The smallest absolute Gasteiger partial charge is 0.238 e.